The van der Waals surface area contributed by atoms with Crippen molar-refractivity contribution < 1.29 is 13.2 Å². The van der Waals surface area contributed by atoms with Gasteiger partial charge in [-0.1, -0.05) is 35.5 Å². The van der Waals surface area contributed by atoms with Crippen LogP contribution in [-0.4, -0.2) is 29.6 Å². The Kier molecular flexibility index (Phi) is 7.50. The minimum atomic E-state index is -3.80. The minimum absolute atomic E-state index is 0.0302. The fourth-order valence-electron chi connectivity index (χ4n) is 3.90. The van der Waals surface area contributed by atoms with Crippen LogP contribution >= 0.6 is 11.8 Å². The molecule has 1 amide bonds. The Hall–Kier alpha value is -2.95. The standard InChI is InChI=1S/C24H26N4O4S2/c25-34(31,32)19-12-10-18(11-13-19)26-22(29)16-33-24-27-21-9-5-4-8-20(21)23(30)28(24)15-14-17-6-2-1-3-7-17/h4-6,8-13H,1-3,7,14-16H2,(H,26,29)(H2,25,31,32). The molecule has 3 N–H and O–H groups in total. The number of fused-ring (bicyclic) bond motifs is 1. The predicted molar refractivity (Wildman–Crippen MR) is 134 cm³/mol. The van der Waals surface area contributed by atoms with E-state index in [-0.39, 0.29) is 22.1 Å². The first kappa shape index (κ1) is 24.2. The fraction of sp³-hybridized carbons (Fsp3) is 0.292. The third-order valence-electron chi connectivity index (χ3n) is 5.67. The molecule has 0 bridgehead atoms. The van der Waals surface area contributed by atoms with Gasteiger partial charge in [-0.25, -0.2) is 18.5 Å². The average molecular weight is 499 g/mol. The summed E-state index contributed by atoms with van der Waals surface area (Å²) in [5.74, 6) is -0.248. The number of anilines is 1. The molecular weight excluding hydrogens is 472 g/mol. The van der Waals surface area contributed by atoms with E-state index in [1.165, 1.54) is 54.4 Å². The molecule has 1 aliphatic rings. The number of sulfonamides is 1. The van der Waals surface area contributed by atoms with E-state index in [0.29, 0.717) is 28.3 Å². The summed E-state index contributed by atoms with van der Waals surface area (Å²) in [5.41, 5.74) is 2.31. The van der Waals surface area contributed by atoms with Gasteiger partial charge in [0.05, 0.1) is 21.6 Å². The molecular formula is C24H26N4O4S2. The van der Waals surface area contributed by atoms with E-state index in [4.69, 9.17) is 5.14 Å². The van der Waals surface area contributed by atoms with Gasteiger partial charge in [0.2, 0.25) is 15.9 Å². The van der Waals surface area contributed by atoms with Crippen molar-refractivity contribution in [2.24, 2.45) is 5.14 Å². The van der Waals surface area contributed by atoms with Crippen molar-refractivity contribution >= 4 is 44.3 Å². The number of aromatic nitrogens is 2. The smallest absolute Gasteiger partial charge is 0.262 e. The van der Waals surface area contributed by atoms with Crippen LogP contribution in [0.1, 0.15) is 32.1 Å². The summed E-state index contributed by atoms with van der Waals surface area (Å²) in [6.07, 6.45) is 7.59. The van der Waals surface area contributed by atoms with Crippen molar-refractivity contribution in [3.05, 3.63) is 70.5 Å². The molecule has 0 radical (unpaired) electrons. The van der Waals surface area contributed by atoms with Crippen molar-refractivity contribution in [3.8, 4) is 0 Å². The lowest BCUT2D eigenvalue weighted by atomic mass is 9.97. The van der Waals surface area contributed by atoms with E-state index in [2.05, 4.69) is 16.4 Å². The first-order valence-electron chi connectivity index (χ1n) is 11.0. The van der Waals surface area contributed by atoms with E-state index < -0.39 is 10.0 Å². The zero-order valence-electron chi connectivity index (χ0n) is 18.6. The quantitative estimate of drug-likeness (QED) is 0.277. The highest BCUT2D eigenvalue weighted by molar-refractivity contribution is 7.99. The van der Waals surface area contributed by atoms with Crippen LogP contribution in [0.15, 0.2) is 75.0 Å². The maximum absolute atomic E-state index is 13.2. The monoisotopic (exact) mass is 498 g/mol. The molecule has 0 saturated carbocycles. The maximum Gasteiger partial charge on any atom is 0.262 e. The third kappa shape index (κ3) is 5.94. The highest BCUT2D eigenvalue weighted by Crippen LogP contribution is 2.23. The molecule has 1 aliphatic carbocycles. The Morgan fingerprint density at radius 1 is 1.12 bits per heavy atom. The molecule has 34 heavy (non-hydrogen) atoms. The second-order valence-electron chi connectivity index (χ2n) is 8.13. The molecule has 2 aromatic carbocycles. The lowest BCUT2D eigenvalue weighted by Crippen LogP contribution is -2.24. The van der Waals surface area contributed by atoms with Gasteiger partial charge in [-0.15, -0.1) is 0 Å². The van der Waals surface area contributed by atoms with Crippen LogP contribution in [0.4, 0.5) is 5.69 Å². The lowest BCUT2D eigenvalue weighted by molar-refractivity contribution is -0.113. The van der Waals surface area contributed by atoms with Crippen LogP contribution in [0.25, 0.3) is 10.9 Å². The molecule has 10 heteroatoms. The molecule has 3 aromatic rings. The van der Waals surface area contributed by atoms with Gasteiger partial charge in [0.15, 0.2) is 5.16 Å². The molecule has 0 saturated heterocycles. The number of carbonyl (C=O) groups is 1. The van der Waals surface area contributed by atoms with Gasteiger partial charge in [0, 0.05) is 12.2 Å². The number of para-hydroxylation sites is 1. The molecule has 8 nitrogen and oxygen atoms in total. The first-order chi connectivity index (χ1) is 16.3. The average Bonchev–Trinajstić information content (AvgIpc) is 2.83. The van der Waals surface area contributed by atoms with Crippen LogP contribution in [0.3, 0.4) is 0 Å². The topological polar surface area (TPSA) is 124 Å². The molecule has 0 unspecified atom stereocenters. The van der Waals surface area contributed by atoms with Gasteiger partial charge in [0.25, 0.3) is 5.56 Å². The number of benzene rings is 2. The Morgan fingerprint density at radius 3 is 2.59 bits per heavy atom. The van der Waals surface area contributed by atoms with Crippen LogP contribution in [0.2, 0.25) is 0 Å². The summed E-state index contributed by atoms with van der Waals surface area (Å²) in [5, 5.41) is 8.89. The van der Waals surface area contributed by atoms with E-state index in [1.54, 1.807) is 16.7 Å². The summed E-state index contributed by atoms with van der Waals surface area (Å²) >= 11 is 1.20. The summed E-state index contributed by atoms with van der Waals surface area (Å²) < 4.78 is 24.4. The fourth-order valence-corrected chi connectivity index (χ4v) is 5.24. The number of hydrogen-bond donors (Lipinski definition) is 2. The molecule has 0 aliphatic heterocycles. The van der Waals surface area contributed by atoms with E-state index in [0.717, 1.165) is 19.3 Å². The Balaban J connectivity index is 1.50. The highest BCUT2D eigenvalue weighted by atomic mass is 32.2. The van der Waals surface area contributed by atoms with Gasteiger partial charge < -0.3 is 5.32 Å². The van der Waals surface area contributed by atoms with Gasteiger partial charge in [-0.3, -0.25) is 14.2 Å². The van der Waals surface area contributed by atoms with Crippen LogP contribution in [-0.2, 0) is 21.4 Å². The van der Waals surface area contributed by atoms with Gasteiger partial charge >= 0.3 is 0 Å². The number of carbonyl (C=O) groups excluding carboxylic acids is 1. The largest absolute Gasteiger partial charge is 0.325 e. The van der Waals surface area contributed by atoms with E-state index >= 15 is 0 Å². The predicted octanol–water partition coefficient (Wildman–Crippen LogP) is 3.67. The lowest BCUT2D eigenvalue weighted by Gasteiger charge is -2.16. The van der Waals surface area contributed by atoms with E-state index in [1.807, 2.05) is 12.1 Å². The van der Waals surface area contributed by atoms with Crippen molar-refractivity contribution in [2.45, 2.75) is 48.7 Å². The zero-order valence-corrected chi connectivity index (χ0v) is 20.2. The molecule has 178 valence electrons. The van der Waals surface area contributed by atoms with Crippen LogP contribution < -0.4 is 16.0 Å². The number of nitrogens with one attached hydrogen (secondary N) is 1. The van der Waals surface area contributed by atoms with Gasteiger partial charge in [-0.2, -0.15) is 0 Å². The number of thioether (sulfide) groups is 1. The number of hydrogen-bond acceptors (Lipinski definition) is 6. The summed E-state index contributed by atoms with van der Waals surface area (Å²) in [4.78, 5) is 30.4. The van der Waals surface area contributed by atoms with Crippen molar-refractivity contribution in [3.63, 3.8) is 0 Å². The molecule has 0 fully saturated rings. The van der Waals surface area contributed by atoms with Gasteiger partial charge in [0.1, 0.15) is 0 Å². The summed E-state index contributed by atoms with van der Waals surface area (Å²) in [7, 11) is -3.80. The SMILES string of the molecule is NS(=O)(=O)c1ccc(NC(=O)CSc2nc3ccccc3c(=O)n2CCC2=CCCCC2)cc1. The zero-order chi connectivity index (χ0) is 24.1. The first-order valence-corrected chi connectivity index (χ1v) is 13.6. The number of nitrogens with two attached hydrogens (primary N) is 1. The Morgan fingerprint density at radius 2 is 1.88 bits per heavy atom. The van der Waals surface area contributed by atoms with Gasteiger partial charge in [-0.05, 0) is 68.5 Å². The van der Waals surface area contributed by atoms with E-state index in [9.17, 15) is 18.0 Å². The molecule has 1 aromatic heterocycles. The number of rotatable bonds is 8. The maximum atomic E-state index is 13.2. The highest BCUT2D eigenvalue weighted by Gasteiger charge is 2.15. The summed E-state index contributed by atoms with van der Waals surface area (Å²) in [6, 6.07) is 12.8. The molecule has 4 rings (SSSR count). The van der Waals surface area contributed by atoms with Crippen molar-refractivity contribution in [1.29, 1.82) is 0 Å². The Labute approximate surface area is 202 Å². The third-order valence-corrected chi connectivity index (χ3v) is 7.57. The molecule has 0 atom stereocenters. The number of amides is 1. The summed E-state index contributed by atoms with van der Waals surface area (Å²) in [6.45, 7) is 0.515. The number of nitrogens with zero attached hydrogens (tertiary/aromatic N) is 2. The number of allylic oxidation sites excluding steroid dienone is 2. The van der Waals surface area contributed by atoms with Crippen molar-refractivity contribution in [1.82, 2.24) is 9.55 Å². The van der Waals surface area contributed by atoms with Crippen LogP contribution in [0.5, 0.6) is 0 Å². The number of primary sulfonamides is 1. The van der Waals surface area contributed by atoms with Crippen LogP contribution in [0, 0.1) is 0 Å². The molecule has 0 spiro atoms. The molecule has 1 heterocycles. The second-order valence-corrected chi connectivity index (χ2v) is 10.6. The second kappa shape index (κ2) is 10.5. The van der Waals surface area contributed by atoms with Crippen molar-refractivity contribution in [2.75, 3.05) is 11.1 Å². The minimum Gasteiger partial charge on any atom is -0.325 e. The Bertz CT molecular complexity index is 1400. The normalized spacial score (nSPS) is 14.1.